The van der Waals surface area contributed by atoms with Gasteiger partial charge in [0.2, 0.25) is 5.75 Å². The van der Waals surface area contributed by atoms with Crippen LogP contribution in [0, 0.1) is 11.3 Å². The molecular weight excluding hydrogens is 298 g/mol. The van der Waals surface area contributed by atoms with Crippen molar-refractivity contribution in [1.82, 2.24) is 0 Å². The van der Waals surface area contributed by atoms with Crippen LogP contribution in [0.1, 0.15) is 18.1 Å². The van der Waals surface area contributed by atoms with E-state index in [1.54, 1.807) is 13.0 Å². The number of hydrogen-bond acceptors (Lipinski definition) is 6. The minimum atomic E-state index is -0.667. The standard InChI is InChI=1S/C17H17NO5/c1-4-22-17(19)12(10-18)8-11-9-14(20-2)16(21-3)15-13(11)6-5-7-23-15/h5-6,8-9H,4,7H2,1-3H3/b12-8+. The Morgan fingerprint density at radius 3 is 2.83 bits per heavy atom. The van der Waals surface area contributed by atoms with E-state index in [9.17, 15) is 10.1 Å². The second-order valence-electron chi connectivity index (χ2n) is 4.55. The molecule has 1 aliphatic rings. The quantitative estimate of drug-likeness (QED) is 0.472. The van der Waals surface area contributed by atoms with Gasteiger partial charge in [0, 0.05) is 5.56 Å². The van der Waals surface area contributed by atoms with Gasteiger partial charge in [-0.25, -0.2) is 4.79 Å². The maximum absolute atomic E-state index is 11.8. The van der Waals surface area contributed by atoms with Crippen molar-refractivity contribution >= 4 is 18.1 Å². The fourth-order valence-electron chi connectivity index (χ4n) is 2.23. The van der Waals surface area contributed by atoms with Crippen LogP contribution < -0.4 is 14.2 Å². The van der Waals surface area contributed by atoms with E-state index in [4.69, 9.17) is 18.9 Å². The van der Waals surface area contributed by atoms with Gasteiger partial charge in [-0.15, -0.1) is 0 Å². The Kier molecular flexibility index (Phi) is 5.26. The second kappa shape index (κ2) is 7.36. The zero-order valence-corrected chi connectivity index (χ0v) is 13.2. The molecule has 6 heteroatoms. The van der Waals surface area contributed by atoms with Crippen molar-refractivity contribution in [3.05, 3.63) is 28.8 Å². The monoisotopic (exact) mass is 315 g/mol. The number of esters is 1. The van der Waals surface area contributed by atoms with Crippen LogP contribution in [-0.2, 0) is 9.53 Å². The molecule has 0 saturated heterocycles. The maximum Gasteiger partial charge on any atom is 0.348 e. The zero-order chi connectivity index (χ0) is 16.8. The molecule has 23 heavy (non-hydrogen) atoms. The first-order valence-electron chi connectivity index (χ1n) is 7.03. The molecule has 0 amide bonds. The largest absolute Gasteiger partial charge is 0.493 e. The molecule has 0 radical (unpaired) electrons. The lowest BCUT2D eigenvalue weighted by atomic mass is 10.0. The van der Waals surface area contributed by atoms with Crippen molar-refractivity contribution in [2.45, 2.75) is 6.92 Å². The van der Waals surface area contributed by atoms with Crippen molar-refractivity contribution < 1.29 is 23.7 Å². The van der Waals surface area contributed by atoms with Crippen LogP contribution >= 0.6 is 0 Å². The first kappa shape index (κ1) is 16.4. The van der Waals surface area contributed by atoms with Crippen LogP contribution in [0.2, 0.25) is 0 Å². The molecule has 1 aromatic carbocycles. The van der Waals surface area contributed by atoms with E-state index in [1.807, 2.05) is 18.2 Å². The summed E-state index contributed by atoms with van der Waals surface area (Å²) in [7, 11) is 3.03. The summed E-state index contributed by atoms with van der Waals surface area (Å²) in [4.78, 5) is 11.8. The third-order valence-electron chi connectivity index (χ3n) is 3.22. The normalized spacial score (nSPS) is 12.7. The Balaban J connectivity index is 2.61. The predicted molar refractivity (Wildman–Crippen MR) is 84.3 cm³/mol. The Morgan fingerprint density at radius 2 is 2.22 bits per heavy atom. The number of hydrogen-bond donors (Lipinski definition) is 0. The van der Waals surface area contributed by atoms with Gasteiger partial charge in [-0.1, -0.05) is 6.08 Å². The topological polar surface area (TPSA) is 77.8 Å². The van der Waals surface area contributed by atoms with Gasteiger partial charge in [0.05, 0.1) is 20.8 Å². The SMILES string of the molecule is CCOC(=O)/C(C#N)=C/c1cc(OC)c(OC)c2c1C=CCO2. The average molecular weight is 315 g/mol. The van der Waals surface area contributed by atoms with E-state index in [2.05, 4.69) is 0 Å². The van der Waals surface area contributed by atoms with Gasteiger partial charge < -0.3 is 18.9 Å². The van der Waals surface area contributed by atoms with E-state index in [0.29, 0.717) is 35.0 Å². The fraction of sp³-hybridized carbons (Fsp3) is 0.294. The van der Waals surface area contributed by atoms with Crippen molar-refractivity contribution in [2.24, 2.45) is 0 Å². The minimum absolute atomic E-state index is 0.0970. The highest BCUT2D eigenvalue weighted by Crippen LogP contribution is 2.44. The Labute approximate surface area is 134 Å². The van der Waals surface area contributed by atoms with E-state index in [1.165, 1.54) is 20.3 Å². The molecule has 0 aromatic heterocycles. The number of ether oxygens (including phenoxy) is 4. The highest BCUT2D eigenvalue weighted by Gasteiger charge is 2.22. The predicted octanol–water partition coefficient (Wildman–Crippen LogP) is 2.58. The molecule has 6 nitrogen and oxygen atoms in total. The molecule has 1 aliphatic heterocycles. The molecule has 0 unspecified atom stereocenters. The Morgan fingerprint density at radius 1 is 1.43 bits per heavy atom. The van der Waals surface area contributed by atoms with Gasteiger partial charge in [0.25, 0.3) is 0 Å². The third-order valence-corrected chi connectivity index (χ3v) is 3.22. The molecule has 1 aromatic rings. The van der Waals surface area contributed by atoms with Crippen LogP contribution in [0.5, 0.6) is 17.2 Å². The summed E-state index contributed by atoms with van der Waals surface area (Å²) < 4.78 is 21.2. The molecule has 0 saturated carbocycles. The molecule has 2 rings (SSSR count). The summed E-state index contributed by atoms with van der Waals surface area (Å²) in [5.74, 6) is 0.772. The lowest BCUT2D eigenvalue weighted by molar-refractivity contribution is -0.137. The summed E-state index contributed by atoms with van der Waals surface area (Å²) >= 11 is 0. The van der Waals surface area contributed by atoms with Gasteiger partial charge >= 0.3 is 5.97 Å². The number of methoxy groups -OCH3 is 2. The van der Waals surface area contributed by atoms with Gasteiger partial charge in [-0.2, -0.15) is 5.26 Å². The molecule has 0 atom stereocenters. The summed E-state index contributed by atoms with van der Waals surface area (Å²) in [5, 5.41) is 9.19. The van der Waals surface area contributed by atoms with Crippen LogP contribution in [0.4, 0.5) is 0 Å². The van der Waals surface area contributed by atoms with Crippen LogP contribution in [0.25, 0.3) is 12.2 Å². The van der Waals surface area contributed by atoms with Gasteiger partial charge in [-0.05, 0) is 30.7 Å². The minimum Gasteiger partial charge on any atom is -0.493 e. The van der Waals surface area contributed by atoms with Crippen molar-refractivity contribution in [3.8, 4) is 23.3 Å². The molecule has 120 valence electrons. The van der Waals surface area contributed by atoms with Crippen molar-refractivity contribution in [3.63, 3.8) is 0 Å². The van der Waals surface area contributed by atoms with E-state index in [-0.39, 0.29) is 12.2 Å². The van der Waals surface area contributed by atoms with Crippen LogP contribution in [0.3, 0.4) is 0 Å². The summed E-state index contributed by atoms with van der Waals surface area (Å²) in [6, 6.07) is 3.55. The lowest BCUT2D eigenvalue weighted by Crippen LogP contribution is -2.08. The van der Waals surface area contributed by atoms with E-state index in [0.717, 1.165) is 0 Å². The highest BCUT2D eigenvalue weighted by molar-refractivity contribution is 5.99. The highest BCUT2D eigenvalue weighted by atomic mass is 16.5. The first-order valence-corrected chi connectivity index (χ1v) is 7.03. The molecule has 0 fully saturated rings. The smallest absolute Gasteiger partial charge is 0.348 e. The molecule has 0 spiro atoms. The van der Waals surface area contributed by atoms with Crippen molar-refractivity contribution in [1.29, 1.82) is 5.26 Å². The van der Waals surface area contributed by atoms with Gasteiger partial charge in [-0.3, -0.25) is 0 Å². The summed E-state index contributed by atoms with van der Waals surface area (Å²) in [6.07, 6.45) is 5.15. The average Bonchev–Trinajstić information content (AvgIpc) is 2.58. The number of rotatable bonds is 5. The second-order valence-corrected chi connectivity index (χ2v) is 4.55. The molecule has 0 aliphatic carbocycles. The van der Waals surface area contributed by atoms with Crippen LogP contribution in [0.15, 0.2) is 17.7 Å². The van der Waals surface area contributed by atoms with Crippen molar-refractivity contribution in [2.75, 3.05) is 27.4 Å². The maximum atomic E-state index is 11.8. The number of nitrogens with zero attached hydrogens (tertiary/aromatic N) is 1. The zero-order valence-electron chi connectivity index (χ0n) is 13.2. The number of nitriles is 1. The molecular formula is C17H17NO5. The van der Waals surface area contributed by atoms with Gasteiger partial charge in [0.15, 0.2) is 11.5 Å². The Bertz CT molecular complexity index is 713. The lowest BCUT2D eigenvalue weighted by Gasteiger charge is -2.20. The number of carbonyl (C=O) groups excluding carboxylic acids is 1. The van der Waals surface area contributed by atoms with E-state index < -0.39 is 5.97 Å². The Hall–Kier alpha value is -2.94. The summed E-state index contributed by atoms with van der Waals surface area (Å²) in [5.41, 5.74) is 1.23. The number of carbonyl (C=O) groups is 1. The third kappa shape index (κ3) is 3.29. The summed E-state index contributed by atoms with van der Waals surface area (Å²) in [6.45, 7) is 2.29. The molecule has 0 bridgehead atoms. The molecule has 0 N–H and O–H groups in total. The fourth-order valence-corrected chi connectivity index (χ4v) is 2.23. The number of fused-ring (bicyclic) bond motifs is 1. The van der Waals surface area contributed by atoms with E-state index >= 15 is 0 Å². The molecule has 1 heterocycles. The first-order chi connectivity index (χ1) is 11.2. The number of benzene rings is 1. The van der Waals surface area contributed by atoms with Gasteiger partial charge in [0.1, 0.15) is 18.2 Å². The van der Waals surface area contributed by atoms with Crippen LogP contribution in [-0.4, -0.2) is 33.4 Å².